The van der Waals surface area contributed by atoms with Crippen LogP contribution in [-0.4, -0.2) is 7.11 Å². The topological polar surface area (TPSA) is 33.0 Å². The molecule has 0 unspecified atom stereocenters. The highest BCUT2D eigenvalue weighted by Gasteiger charge is 1.98. The van der Waals surface area contributed by atoms with Crippen molar-refractivity contribution in [1.82, 2.24) is 0 Å². The summed E-state index contributed by atoms with van der Waals surface area (Å²) in [4.78, 5) is 0. The van der Waals surface area contributed by atoms with Gasteiger partial charge in [-0.3, -0.25) is 0 Å². The highest BCUT2D eigenvalue weighted by Crippen LogP contribution is 2.16. The Balaban J connectivity index is 3.12. The van der Waals surface area contributed by atoms with Crippen LogP contribution in [0.15, 0.2) is 18.2 Å². The van der Waals surface area contributed by atoms with Gasteiger partial charge >= 0.3 is 0 Å². The molecular formula is C10H11NO. The molecule has 1 rings (SSSR count). The number of nitriles is 1. The lowest BCUT2D eigenvalue weighted by molar-refractivity contribution is 0.414. The summed E-state index contributed by atoms with van der Waals surface area (Å²) < 4.78 is 5.05. The van der Waals surface area contributed by atoms with E-state index in [2.05, 4.69) is 13.0 Å². The summed E-state index contributed by atoms with van der Waals surface area (Å²) in [5, 5.41) is 8.67. The molecule has 0 aliphatic heterocycles. The highest BCUT2D eigenvalue weighted by atomic mass is 16.5. The van der Waals surface area contributed by atoms with Crippen LogP contribution in [0.3, 0.4) is 0 Å². The number of ether oxygens (including phenoxy) is 1. The molecule has 0 radical (unpaired) electrons. The van der Waals surface area contributed by atoms with Crippen molar-refractivity contribution in [3.63, 3.8) is 0 Å². The Morgan fingerprint density at radius 3 is 2.67 bits per heavy atom. The third kappa shape index (κ3) is 1.76. The zero-order valence-electron chi connectivity index (χ0n) is 7.29. The molecule has 0 N–H and O–H groups in total. The summed E-state index contributed by atoms with van der Waals surface area (Å²) in [7, 11) is 1.61. The summed E-state index contributed by atoms with van der Waals surface area (Å²) in [6.07, 6.45) is 0.922. The number of hydrogen-bond acceptors (Lipinski definition) is 2. The molecule has 0 heterocycles. The first-order valence-electron chi connectivity index (χ1n) is 3.88. The lowest BCUT2D eigenvalue weighted by Crippen LogP contribution is -1.88. The summed E-state index contributed by atoms with van der Waals surface area (Å²) in [6.45, 7) is 2.05. The molecule has 0 fully saturated rings. The number of rotatable bonds is 2. The van der Waals surface area contributed by atoms with Crippen LogP contribution in [0.25, 0.3) is 0 Å². The van der Waals surface area contributed by atoms with Gasteiger partial charge in [-0.1, -0.05) is 6.92 Å². The van der Waals surface area contributed by atoms with Crippen molar-refractivity contribution >= 4 is 0 Å². The minimum absolute atomic E-state index is 0.659. The van der Waals surface area contributed by atoms with Crippen LogP contribution in [0.2, 0.25) is 0 Å². The van der Waals surface area contributed by atoms with Crippen molar-refractivity contribution in [3.8, 4) is 11.8 Å². The molecule has 0 aliphatic carbocycles. The Morgan fingerprint density at radius 1 is 1.42 bits per heavy atom. The van der Waals surface area contributed by atoms with Crippen LogP contribution in [0.1, 0.15) is 18.1 Å². The van der Waals surface area contributed by atoms with Gasteiger partial charge in [-0.2, -0.15) is 5.26 Å². The van der Waals surface area contributed by atoms with E-state index in [1.165, 1.54) is 0 Å². The number of aryl methyl sites for hydroxylation is 1. The fourth-order valence-electron chi connectivity index (χ4n) is 1.05. The maximum atomic E-state index is 8.67. The minimum atomic E-state index is 0.659. The summed E-state index contributed by atoms with van der Waals surface area (Å²) in [5.41, 5.74) is 1.79. The van der Waals surface area contributed by atoms with Gasteiger partial charge in [-0.25, -0.2) is 0 Å². The van der Waals surface area contributed by atoms with Gasteiger partial charge in [0.1, 0.15) is 5.75 Å². The Bertz CT molecular complexity index is 290. The standard InChI is InChI=1S/C10H11NO/c1-3-8-4-9(7-11)6-10(5-8)12-2/h4-6H,3H2,1-2H3. The normalized spacial score (nSPS) is 9.08. The van der Waals surface area contributed by atoms with E-state index in [0.717, 1.165) is 17.7 Å². The molecule has 12 heavy (non-hydrogen) atoms. The first kappa shape index (κ1) is 8.61. The predicted molar refractivity (Wildman–Crippen MR) is 47.1 cm³/mol. The SMILES string of the molecule is CCc1cc(C#N)cc(OC)c1. The average molecular weight is 161 g/mol. The zero-order chi connectivity index (χ0) is 8.97. The molecule has 2 nitrogen and oxygen atoms in total. The van der Waals surface area contributed by atoms with Crippen molar-refractivity contribution in [2.45, 2.75) is 13.3 Å². The van der Waals surface area contributed by atoms with Crippen LogP contribution < -0.4 is 4.74 Å². The monoisotopic (exact) mass is 161 g/mol. The van der Waals surface area contributed by atoms with Crippen molar-refractivity contribution in [1.29, 1.82) is 5.26 Å². The Morgan fingerprint density at radius 2 is 2.17 bits per heavy atom. The molecule has 0 saturated heterocycles. The lowest BCUT2D eigenvalue weighted by atomic mass is 10.1. The fraction of sp³-hybridized carbons (Fsp3) is 0.300. The van der Waals surface area contributed by atoms with E-state index in [1.807, 2.05) is 12.1 Å². The summed E-state index contributed by atoms with van der Waals surface area (Å²) in [5.74, 6) is 0.755. The van der Waals surface area contributed by atoms with Crippen molar-refractivity contribution in [2.24, 2.45) is 0 Å². The molecule has 0 saturated carbocycles. The number of benzene rings is 1. The van der Waals surface area contributed by atoms with Gasteiger partial charge in [0.05, 0.1) is 18.7 Å². The van der Waals surface area contributed by atoms with Crippen molar-refractivity contribution < 1.29 is 4.74 Å². The molecule has 0 bridgehead atoms. The average Bonchev–Trinajstić information content (AvgIpc) is 2.16. The van der Waals surface area contributed by atoms with Crippen molar-refractivity contribution in [2.75, 3.05) is 7.11 Å². The highest BCUT2D eigenvalue weighted by molar-refractivity contribution is 5.40. The van der Waals surface area contributed by atoms with Crippen LogP contribution in [0, 0.1) is 11.3 Å². The molecule has 2 heteroatoms. The van der Waals surface area contributed by atoms with Gasteiger partial charge in [0, 0.05) is 0 Å². The first-order chi connectivity index (χ1) is 5.80. The smallest absolute Gasteiger partial charge is 0.120 e. The third-order valence-electron chi connectivity index (χ3n) is 1.74. The fourth-order valence-corrected chi connectivity index (χ4v) is 1.05. The van der Waals surface area contributed by atoms with Gasteiger partial charge in [0.25, 0.3) is 0 Å². The third-order valence-corrected chi connectivity index (χ3v) is 1.74. The van der Waals surface area contributed by atoms with E-state index in [-0.39, 0.29) is 0 Å². The molecule has 62 valence electrons. The number of hydrogen-bond donors (Lipinski definition) is 0. The number of nitrogens with zero attached hydrogens (tertiary/aromatic N) is 1. The Labute approximate surface area is 72.4 Å². The van der Waals surface area contributed by atoms with Crippen LogP contribution in [0.4, 0.5) is 0 Å². The van der Waals surface area contributed by atoms with E-state index >= 15 is 0 Å². The predicted octanol–water partition coefficient (Wildman–Crippen LogP) is 2.13. The van der Waals surface area contributed by atoms with E-state index in [1.54, 1.807) is 13.2 Å². The second-order valence-corrected chi connectivity index (χ2v) is 2.54. The molecule has 1 aromatic carbocycles. The van der Waals surface area contributed by atoms with Gasteiger partial charge in [-0.15, -0.1) is 0 Å². The van der Waals surface area contributed by atoms with Gasteiger partial charge in [-0.05, 0) is 30.2 Å². The summed E-state index contributed by atoms with van der Waals surface area (Å²) >= 11 is 0. The van der Waals surface area contributed by atoms with E-state index in [0.29, 0.717) is 5.56 Å². The molecule has 1 aromatic rings. The lowest BCUT2D eigenvalue weighted by Gasteiger charge is -2.02. The molecule has 0 atom stereocenters. The van der Waals surface area contributed by atoms with E-state index < -0.39 is 0 Å². The minimum Gasteiger partial charge on any atom is -0.497 e. The van der Waals surface area contributed by atoms with Gasteiger partial charge in [0.15, 0.2) is 0 Å². The van der Waals surface area contributed by atoms with Crippen LogP contribution >= 0.6 is 0 Å². The second-order valence-electron chi connectivity index (χ2n) is 2.54. The van der Waals surface area contributed by atoms with Gasteiger partial charge < -0.3 is 4.74 Å². The molecular weight excluding hydrogens is 150 g/mol. The first-order valence-corrected chi connectivity index (χ1v) is 3.88. The quantitative estimate of drug-likeness (QED) is 0.665. The molecule has 0 aliphatic rings. The second kappa shape index (κ2) is 3.77. The van der Waals surface area contributed by atoms with Gasteiger partial charge in [0.2, 0.25) is 0 Å². The Kier molecular flexibility index (Phi) is 2.71. The zero-order valence-corrected chi connectivity index (χ0v) is 7.29. The summed E-state index contributed by atoms with van der Waals surface area (Å²) in [6, 6.07) is 7.65. The molecule has 0 amide bonds. The van der Waals surface area contributed by atoms with Crippen LogP contribution in [0.5, 0.6) is 5.75 Å². The van der Waals surface area contributed by atoms with Crippen molar-refractivity contribution in [3.05, 3.63) is 29.3 Å². The largest absolute Gasteiger partial charge is 0.497 e. The number of methoxy groups -OCH3 is 1. The Hall–Kier alpha value is -1.49. The maximum Gasteiger partial charge on any atom is 0.120 e. The molecule has 0 aromatic heterocycles. The molecule has 0 spiro atoms. The maximum absolute atomic E-state index is 8.67. The van der Waals surface area contributed by atoms with Crippen LogP contribution in [-0.2, 0) is 6.42 Å². The van der Waals surface area contributed by atoms with E-state index in [4.69, 9.17) is 10.00 Å². The van der Waals surface area contributed by atoms with E-state index in [9.17, 15) is 0 Å².